The van der Waals surface area contributed by atoms with Crippen LogP contribution in [0, 0.1) is 22.7 Å². The Hall–Kier alpha value is -0.810. The van der Waals surface area contributed by atoms with Crippen molar-refractivity contribution in [1.29, 1.82) is 5.26 Å². The van der Waals surface area contributed by atoms with E-state index < -0.39 is 5.41 Å². The molecule has 0 aromatic heterocycles. The maximum Gasteiger partial charge on any atom is 0.0872 e. The van der Waals surface area contributed by atoms with Gasteiger partial charge >= 0.3 is 0 Å². The minimum atomic E-state index is -0.457. The number of hydrogen-bond donors (Lipinski definition) is 1. The molecule has 0 aromatic rings. The zero-order chi connectivity index (χ0) is 6.91. The van der Waals surface area contributed by atoms with E-state index in [-0.39, 0.29) is 12.5 Å². The van der Waals surface area contributed by atoms with Crippen LogP contribution in [0.5, 0.6) is 0 Å². The first-order valence-corrected chi connectivity index (χ1v) is 2.94. The highest BCUT2D eigenvalue weighted by Gasteiger charge is 2.52. The summed E-state index contributed by atoms with van der Waals surface area (Å²) in [6.07, 6.45) is 2.52. The Balaban J connectivity index is 2.60. The van der Waals surface area contributed by atoms with E-state index in [1.165, 1.54) is 0 Å². The quantitative estimate of drug-likeness (QED) is 0.549. The van der Waals surface area contributed by atoms with Crippen molar-refractivity contribution in [3.63, 3.8) is 0 Å². The third-order valence-electron chi connectivity index (χ3n) is 1.92. The highest BCUT2D eigenvalue weighted by atomic mass is 16.3. The zero-order valence-corrected chi connectivity index (χ0v) is 5.17. The fraction of sp³-hybridized carbons (Fsp3) is 0.571. The van der Waals surface area contributed by atoms with Crippen LogP contribution in [-0.4, -0.2) is 11.7 Å². The Kier molecular flexibility index (Phi) is 1.30. The van der Waals surface area contributed by atoms with Gasteiger partial charge in [0.1, 0.15) is 0 Å². The van der Waals surface area contributed by atoms with Crippen molar-refractivity contribution in [3.8, 4) is 6.07 Å². The Bertz CT molecular complexity index is 170. The van der Waals surface area contributed by atoms with Crippen LogP contribution in [0.15, 0.2) is 12.7 Å². The average Bonchev–Trinajstić information content (AvgIpc) is 2.63. The highest BCUT2D eigenvalue weighted by molar-refractivity contribution is 5.20. The predicted octanol–water partition coefficient (Wildman–Crippen LogP) is 0.695. The van der Waals surface area contributed by atoms with Gasteiger partial charge in [0.05, 0.1) is 18.1 Å². The van der Waals surface area contributed by atoms with Crippen molar-refractivity contribution in [2.75, 3.05) is 6.61 Å². The van der Waals surface area contributed by atoms with Gasteiger partial charge in [-0.05, 0) is 12.3 Å². The fourth-order valence-corrected chi connectivity index (χ4v) is 0.988. The molecule has 1 rings (SSSR count). The first kappa shape index (κ1) is 6.31. The summed E-state index contributed by atoms with van der Waals surface area (Å²) < 4.78 is 0. The summed E-state index contributed by atoms with van der Waals surface area (Å²) in [5.74, 6) is 0.229. The van der Waals surface area contributed by atoms with Gasteiger partial charge in [0.15, 0.2) is 0 Å². The molecule has 2 unspecified atom stereocenters. The van der Waals surface area contributed by atoms with Crippen LogP contribution in [-0.2, 0) is 0 Å². The zero-order valence-electron chi connectivity index (χ0n) is 5.17. The Morgan fingerprint density at radius 1 is 2.00 bits per heavy atom. The fourth-order valence-electron chi connectivity index (χ4n) is 0.988. The summed E-state index contributed by atoms with van der Waals surface area (Å²) in [4.78, 5) is 0. The number of nitriles is 1. The lowest BCUT2D eigenvalue weighted by molar-refractivity contribution is 0.239. The lowest BCUT2D eigenvalue weighted by atomic mass is 10.1. The van der Waals surface area contributed by atoms with Gasteiger partial charge < -0.3 is 5.11 Å². The van der Waals surface area contributed by atoms with Gasteiger partial charge in [-0.15, -0.1) is 6.58 Å². The number of hydrogen-bond acceptors (Lipinski definition) is 2. The third kappa shape index (κ3) is 0.739. The second kappa shape index (κ2) is 1.85. The van der Waals surface area contributed by atoms with Crippen molar-refractivity contribution >= 4 is 0 Å². The molecule has 1 fully saturated rings. The molecule has 2 atom stereocenters. The van der Waals surface area contributed by atoms with Crippen LogP contribution in [0.25, 0.3) is 0 Å². The topological polar surface area (TPSA) is 44.0 Å². The summed E-state index contributed by atoms with van der Waals surface area (Å²) >= 11 is 0. The molecule has 0 radical (unpaired) electrons. The molecule has 0 bridgehead atoms. The molecule has 1 saturated carbocycles. The summed E-state index contributed by atoms with van der Waals surface area (Å²) in [6, 6.07) is 2.08. The molecule has 0 aromatic carbocycles. The maximum atomic E-state index is 8.69. The molecule has 0 saturated heterocycles. The van der Waals surface area contributed by atoms with Crippen LogP contribution in [0.4, 0.5) is 0 Å². The van der Waals surface area contributed by atoms with Crippen molar-refractivity contribution in [3.05, 3.63) is 12.7 Å². The number of aliphatic hydroxyl groups excluding tert-OH is 1. The molecule has 48 valence electrons. The monoisotopic (exact) mass is 123 g/mol. The second-order valence-electron chi connectivity index (χ2n) is 2.47. The van der Waals surface area contributed by atoms with Gasteiger partial charge in [-0.1, -0.05) is 6.08 Å². The van der Waals surface area contributed by atoms with E-state index in [0.29, 0.717) is 0 Å². The van der Waals surface area contributed by atoms with Crippen molar-refractivity contribution in [2.45, 2.75) is 6.42 Å². The van der Waals surface area contributed by atoms with Crippen molar-refractivity contribution < 1.29 is 5.11 Å². The SMILES string of the molecule is C=CC1CC1(C#N)CO. The number of aliphatic hydroxyl groups is 1. The van der Waals surface area contributed by atoms with Crippen molar-refractivity contribution in [2.24, 2.45) is 11.3 Å². The molecule has 0 spiro atoms. The Morgan fingerprint density at radius 3 is 2.78 bits per heavy atom. The lowest BCUT2D eigenvalue weighted by Gasteiger charge is -1.97. The van der Waals surface area contributed by atoms with Gasteiger partial charge in [-0.25, -0.2) is 0 Å². The van der Waals surface area contributed by atoms with Gasteiger partial charge in [0.2, 0.25) is 0 Å². The van der Waals surface area contributed by atoms with E-state index in [2.05, 4.69) is 12.6 Å². The van der Waals surface area contributed by atoms with E-state index in [1.807, 2.05) is 0 Å². The Labute approximate surface area is 54.4 Å². The molecule has 2 nitrogen and oxygen atoms in total. The van der Waals surface area contributed by atoms with Crippen molar-refractivity contribution in [1.82, 2.24) is 0 Å². The van der Waals surface area contributed by atoms with E-state index in [4.69, 9.17) is 10.4 Å². The van der Waals surface area contributed by atoms with Gasteiger partial charge in [0.25, 0.3) is 0 Å². The predicted molar refractivity (Wildman–Crippen MR) is 33.4 cm³/mol. The molecule has 0 heterocycles. The van der Waals surface area contributed by atoms with E-state index in [9.17, 15) is 0 Å². The standard InChI is InChI=1S/C7H9NO/c1-2-6-3-7(6,4-8)5-9/h2,6,9H,1,3,5H2. The summed E-state index contributed by atoms with van der Waals surface area (Å²) in [5.41, 5.74) is -0.457. The van der Waals surface area contributed by atoms with Crippen LogP contribution < -0.4 is 0 Å². The number of allylic oxidation sites excluding steroid dienone is 1. The van der Waals surface area contributed by atoms with E-state index in [1.54, 1.807) is 6.08 Å². The molecule has 0 aliphatic heterocycles. The first-order chi connectivity index (χ1) is 4.29. The molecule has 1 aliphatic carbocycles. The normalized spacial score (nSPS) is 39.3. The summed E-state index contributed by atoms with van der Waals surface area (Å²) in [7, 11) is 0. The molecular weight excluding hydrogens is 114 g/mol. The lowest BCUT2D eigenvalue weighted by Crippen LogP contribution is -2.04. The van der Waals surface area contributed by atoms with Crippen LogP contribution in [0.3, 0.4) is 0 Å². The van der Waals surface area contributed by atoms with Crippen LogP contribution >= 0.6 is 0 Å². The summed E-state index contributed by atoms with van der Waals surface area (Å²) in [5, 5.41) is 17.2. The molecule has 1 aliphatic rings. The molecule has 2 heteroatoms. The van der Waals surface area contributed by atoms with E-state index in [0.717, 1.165) is 6.42 Å². The maximum absolute atomic E-state index is 8.69. The minimum Gasteiger partial charge on any atom is -0.395 e. The second-order valence-corrected chi connectivity index (χ2v) is 2.47. The minimum absolute atomic E-state index is 0.0276. The van der Waals surface area contributed by atoms with Gasteiger partial charge in [0, 0.05) is 0 Å². The highest BCUT2D eigenvalue weighted by Crippen LogP contribution is 2.52. The largest absolute Gasteiger partial charge is 0.395 e. The number of rotatable bonds is 2. The van der Waals surface area contributed by atoms with Crippen LogP contribution in [0.2, 0.25) is 0 Å². The average molecular weight is 123 g/mol. The number of nitrogens with zero attached hydrogens (tertiary/aromatic N) is 1. The summed E-state index contributed by atoms with van der Waals surface area (Å²) in [6.45, 7) is 3.52. The van der Waals surface area contributed by atoms with Gasteiger partial charge in [-0.2, -0.15) is 5.26 Å². The Morgan fingerprint density at radius 2 is 2.67 bits per heavy atom. The molecule has 0 amide bonds. The van der Waals surface area contributed by atoms with E-state index >= 15 is 0 Å². The smallest absolute Gasteiger partial charge is 0.0872 e. The van der Waals surface area contributed by atoms with Crippen LogP contribution in [0.1, 0.15) is 6.42 Å². The first-order valence-electron chi connectivity index (χ1n) is 2.94. The molecular formula is C7H9NO. The third-order valence-corrected chi connectivity index (χ3v) is 1.92. The molecule has 9 heavy (non-hydrogen) atoms. The molecule has 1 N–H and O–H groups in total. The van der Waals surface area contributed by atoms with Gasteiger partial charge in [-0.3, -0.25) is 0 Å².